The number of halogens is 1. The van der Waals surface area contributed by atoms with E-state index in [1.807, 2.05) is 32.0 Å². The summed E-state index contributed by atoms with van der Waals surface area (Å²) in [5.41, 5.74) is 3.36. The number of carbonyl (C=O) groups is 2. The first-order valence-electron chi connectivity index (χ1n) is 7.43. The van der Waals surface area contributed by atoms with Crippen LogP contribution in [0.15, 0.2) is 42.5 Å². The second-order valence-corrected chi connectivity index (χ2v) is 5.64. The molecule has 0 heterocycles. The Morgan fingerprint density at radius 3 is 2.43 bits per heavy atom. The molecule has 0 atom stereocenters. The van der Waals surface area contributed by atoms with E-state index in [1.165, 1.54) is 0 Å². The fourth-order valence-corrected chi connectivity index (χ4v) is 2.38. The van der Waals surface area contributed by atoms with E-state index in [-0.39, 0.29) is 18.4 Å². The lowest BCUT2D eigenvalue weighted by Crippen LogP contribution is -2.33. The number of benzene rings is 2. The van der Waals surface area contributed by atoms with Crippen molar-refractivity contribution in [2.24, 2.45) is 0 Å². The van der Waals surface area contributed by atoms with Crippen molar-refractivity contribution in [1.82, 2.24) is 5.32 Å². The van der Waals surface area contributed by atoms with Crippen molar-refractivity contribution in [2.45, 2.75) is 20.3 Å². The maximum atomic E-state index is 12.1. The summed E-state index contributed by atoms with van der Waals surface area (Å²) in [7, 11) is 0. The van der Waals surface area contributed by atoms with Gasteiger partial charge in [0.05, 0.1) is 6.54 Å². The van der Waals surface area contributed by atoms with E-state index >= 15 is 0 Å². The van der Waals surface area contributed by atoms with Crippen molar-refractivity contribution in [3.8, 4) is 0 Å². The van der Waals surface area contributed by atoms with Crippen LogP contribution in [0.25, 0.3) is 0 Å². The Morgan fingerprint density at radius 1 is 1.09 bits per heavy atom. The Hall–Kier alpha value is -2.33. The summed E-state index contributed by atoms with van der Waals surface area (Å²) in [5.74, 6) is -0.561. The molecule has 0 bridgehead atoms. The van der Waals surface area contributed by atoms with Gasteiger partial charge in [-0.15, -0.1) is 0 Å². The standard InChI is InChI=1S/C18H19ClN2O2/c1-3-13-6-4-5-12(2)17(13)21-16(22)11-20-18(23)14-7-9-15(19)10-8-14/h4-10H,3,11H2,1-2H3,(H,20,23)(H,21,22). The molecule has 2 aromatic carbocycles. The number of hydrogen-bond acceptors (Lipinski definition) is 2. The van der Waals surface area contributed by atoms with Crippen LogP contribution in [0.1, 0.15) is 28.4 Å². The monoisotopic (exact) mass is 330 g/mol. The lowest BCUT2D eigenvalue weighted by molar-refractivity contribution is -0.115. The van der Waals surface area contributed by atoms with Gasteiger partial charge in [0.25, 0.3) is 5.91 Å². The molecule has 0 aromatic heterocycles. The zero-order valence-electron chi connectivity index (χ0n) is 13.2. The van der Waals surface area contributed by atoms with Crippen molar-refractivity contribution < 1.29 is 9.59 Å². The van der Waals surface area contributed by atoms with Gasteiger partial charge in [-0.25, -0.2) is 0 Å². The van der Waals surface area contributed by atoms with Gasteiger partial charge < -0.3 is 10.6 Å². The zero-order valence-corrected chi connectivity index (χ0v) is 13.9. The molecule has 5 heteroatoms. The molecule has 2 aromatic rings. The third-order valence-corrected chi connectivity index (χ3v) is 3.77. The zero-order chi connectivity index (χ0) is 16.8. The number of amides is 2. The predicted molar refractivity (Wildman–Crippen MR) is 93.0 cm³/mol. The topological polar surface area (TPSA) is 58.2 Å². The van der Waals surface area contributed by atoms with E-state index in [0.717, 1.165) is 23.2 Å². The van der Waals surface area contributed by atoms with Gasteiger partial charge >= 0.3 is 0 Å². The SMILES string of the molecule is CCc1cccc(C)c1NC(=O)CNC(=O)c1ccc(Cl)cc1. The van der Waals surface area contributed by atoms with Crippen molar-refractivity contribution >= 4 is 29.1 Å². The Kier molecular flexibility index (Phi) is 5.77. The highest BCUT2D eigenvalue weighted by Gasteiger charge is 2.11. The first kappa shape index (κ1) is 17.0. The molecule has 0 fully saturated rings. The van der Waals surface area contributed by atoms with Crippen LogP contribution in [0.5, 0.6) is 0 Å². The summed E-state index contributed by atoms with van der Waals surface area (Å²) in [4.78, 5) is 24.0. The highest BCUT2D eigenvalue weighted by atomic mass is 35.5. The Bertz CT molecular complexity index is 711. The van der Waals surface area contributed by atoms with E-state index in [1.54, 1.807) is 24.3 Å². The molecule has 0 aliphatic rings. The van der Waals surface area contributed by atoms with Gasteiger partial charge in [0.15, 0.2) is 0 Å². The third kappa shape index (κ3) is 4.57. The highest BCUT2D eigenvalue weighted by molar-refractivity contribution is 6.30. The normalized spacial score (nSPS) is 10.2. The van der Waals surface area contributed by atoms with Gasteiger partial charge in [-0.05, 0) is 48.7 Å². The third-order valence-electron chi connectivity index (χ3n) is 3.52. The number of aryl methyl sites for hydroxylation is 2. The number of para-hydroxylation sites is 1. The first-order chi connectivity index (χ1) is 11.0. The van der Waals surface area contributed by atoms with Gasteiger partial charge in [0, 0.05) is 16.3 Å². The molecule has 2 amide bonds. The summed E-state index contributed by atoms with van der Waals surface area (Å²) in [5, 5.41) is 6.03. The van der Waals surface area contributed by atoms with Crippen LogP contribution in [0.2, 0.25) is 5.02 Å². The van der Waals surface area contributed by atoms with E-state index < -0.39 is 0 Å². The molecule has 0 saturated carbocycles. The number of carbonyl (C=O) groups excluding carboxylic acids is 2. The molecule has 0 aliphatic heterocycles. The van der Waals surface area contributed by atoms with E-state index in [2.05, 4.69) is 10.6 Å². The average Bonchev–Trinajstić information content (AvgIpc) is 2.55. The summed E-state index contributed by atoms with van der Waals surface area (Å²) in [6, 6.07) is 12.4. The number of rotatable bonds is 5. The Labute approximate surface area is 140 Å². The molecule has 120 valence electrons. The van der Waals surface area contributed by atoms with Crippen molar-refractivity contribution in [1.29, 1.82) is 0 Å². The fraction of sp³-hybridized carbons (Fsp3) is 0.222. The minimum atomic E-state index is -0.308. The van der Waals surface area contributed by atoms with Crippen LogP contribution in [0.3, 0.4) is 0 Å². The molecular weight excluding hydrogens is 312 g/mol. The highest BCUT2D eigenvalue weighted by Crippen LogP contribution is 2.20. The molecule has 2 rings (SSSR count). The molecule has 2 N–H and O–H groups in total. The van der Waals surface area contributed by atoms with Gasteiger partial charge in [-0.1, -0.05) is 36.7 Å². The molecule has 23 heavy (non-hydrogen) atoms. The van der Waals surface area contributed by atoms with E-state index in [4.69, 9.17) is 11.6 Å². The van der Waals surface area contributed by atoms with Crippen LogP contribution < -0.4 is 10.6 Å². The number of hydrogen-bond donors (Lipinski definition) is 2. The maximum Gasteiger partial charge on any atom is 0.251 e. The van der Waals surface area contributed by atoms with Crippen molar-refractivity contribution in [3.63, 3.8) is 0 Å². The molecule has 0 unspecified atom stereocenters. The second-order valence-electron chi connectivity index (χ2n) is 5.20. The largest absolute Gasteiger partial charge is 0.343 e. The predicted octanol–water partition coefficient (Wildman–Crippen LogP) is 3.58. The van der Waals surface area contributed by atoms with Gasteiger partial charge in [-0.2, -0.15) is 0 Å². The molecule has 0 radical (unpaired) electrons. The van der Waals surface area contributed by atoms with Crippen LogP contribution in [0, 0.1) is 6.92 Å². The fourth-order valence-electron chi connectivity index (χ4n) is 2.25. The number of anilines is 1. The quantitative estimate of drug-likeness (QED) is 0.880. The number of nitrogens with one attached hydrogen (secondary N) is 2. The van der Waals surface area contributed by atoms with Gasteiger partial charge in [0.1, 0.15) is 0 Å². The minimum Gasteiger partial charge on any atom is -0.343 e. The van der Waals surface area contributed by atoms with Crippen LogP contribution >= 0.6 is 11.6 Å². The molecule has 0 saturated heterocycles. The maximum absolute atomic E-state index is 12.1. The first-order valence-corrected chi connectivity index (χ1v) is 7.81. The van der Waals surface area contributed by atoms with Crippen LogP contribution in [-0.4, -0.2) is 18.4 Å². The summed E-state index contributed by atoms with van der Waals surface area (Å²) >= 11 is 5.78. The Balaban J connectivity index is 1.95. The van der Waals surface area contributed by atoms with E-state index in [9.17, 15) is 9.59 Å². The smallest absolute Gasteiger partial charge is 0.251 e. The molecule has 0 spiro atoms. The molecular formula is C18H19ClN2O2. The minimum absolute atomic E-state index is 0.0844. The average molecular weight is 331 g/mol. The second kappa shape index (κ2) is 7.79. The van der Waals surface area contributed by atoms with Gasteiger partial charge in [-0.3, -0.25) is 9.59 Å². The van der Waals surface area contributed by atoms with E-state index in [0.29, 0.717) is 10.6 Å². The van der Waals surface area contributed by atoms with Crippen LogP contribution in [-0.2, 0) is 11.2 Å². The molecule has 4 nitrogen and oxygen atoms in total. The Morgan fingerprint density at radius 2 is 1.78 bits per heavy atom. The van der Waals surface area contributed by atoms with Gasteiger partial charge in [0.2, 0.25) is 5.91 Å². The van der Waals surface area contributed by atoms with Crippen molar-refractivity contribution in [3.05, 3.63) is 64.2 Å². The summed E-state index contributed by atoms with van der Waals surface area (Å²) in [6.07, 6.45) is 0.828. The lowest BCUT2D eigenvalue weighted by Gasteiger charge is -2.13. The lowest BCUT2D eigenvalue weighted by atomic mass is 10.1. The summed E-state index contributed by atoms with van der Waals surface area (Å²) in [6.45, 7) is 3.90. The molecule has 0 aliphatic carbocycles. The van der Waals surface area contributed by atoms with Crippen molar-refractivity contribution in [2.75, 3.05) is 11.9 Å². The summed E-state index contributed by atoms with van der Waals surface area (Å²) < 4.78 is 0. The van der Waals surface area contributed by atoms with Crippen LogP contribution in [0.4, 0.5) is 5.69 Å².